The van der Waals surface area contributed by atoms with E-state index in [1.807, 2.05) is 29.2 Å². The molecule has 0 aliphatic carbocycles. The van der Waals surface area contributed by atoms with Gasteiger partial charge in [0.2, 0.25) is 11.8 Å². The molecule has 0 bridgehead atoms. The van der Waals surface area contributed by atoms with Gasteiger partial charge in [-0.1, -0.05) is 34.1 Å². The van der Waals surface area contributed by atoms with Crippen LogP contribution in [0.1, 0.15) is 6.42 Å². The lowest BCUT2D eigenvalue weighted by atomic mass is 10.1. The minimum Gasteiger partial charge on any atom is -0.362 e. The average molecular weight is 473 g/mol. The van der Waals surface area contributed by atoms with Gasteiger partial charge < -0.3 is 14.7 Å². The van der Waals surface area contributed by atoms with Crippen molar-refractivity contribution in [2.45, 2.75) is 6.42 Å². The van der Waals surface area contributed by atoms with Gasteiger partial charge in [0.05, 0.1) is 4.92 Å². The van der Waals surface area contributed by atoms with E-state index >= 15 is 0 Å². The molecule has 2 heterocycles. The zero-order valence-corrected chi connectivity index (χ0v) is 17.8. The lowest BCUT2D eigenvalue weighted by Crippen LogP contribution is -2.51. The van der Waals surface area contributed by atoms with E-state index in [2.05, 4.69) is 15.9 Å². The first-order valence-corrected chi connectivity index (χ1v) is 10.6. The number of rotatable bonds is 4. The van der Waals surface area contributed by atoms with Crippen molar-refractivity contribution in [3.63, 3.8) is 0 Å². The molecule has 2 aliphatic heterocycles. The van der Waals surface area contributed by atoms with Crippen molar-refractivity contribution in [2.75, 3.05) is 42.5 Å². The van der Waals surface area contributed by atoms with Crippen molar-refractivity contribution < 1.29 is 14.5 Å². The van der Waals surface area contributed by atoms with Crippen LogP contribution in [0.15, 0.2) is 53.0 Å². The first-order chi connectivity index (χ1) is 14.5. The van der Waals surface area contributed by atoms with E-state index in [9.17, 15) is 19.7 Å². The number of nitro benzene ring substituents is 1. The highest BCUT2D eigenvalue weighted by molar-refractivity contribution is 9.10. The molecule has 0 saturated carbocycles. The fraction of sp³-hybridized carbons (Fsp3) is 0.333. The van der Waals surface area contributed by atoms with Crippen LogP contribution in [0.5, 0.6) is 0 Å². The summed E-state index contributed by atoms with van der Waals surface area (Å²) in [6, 6.07) is 14.1. The first kappa shape index (κ1) is 20.3. The van der Waals surface area contributed by atoms with Crippen LogP contribution in [0, 0.1) is 16.0 Å². The highest BCUT2D eigenvalue weighted by Crippen LogP contribution is 2.31. The molecule has 1 atom stereocenters. The maximum Gasteiger partial charge on any atom is 0.292 e. The van der Waals surface area contributed by atoms with Crippen molar-refractivity contribution >= 4 is 44.8 Å². The van der Waals surface area contributed by atoms with Gasteiger partial charge in [0, 0.05) is 49.0 Å². The third-order valence-corrected chi connectivity index (χ3v) is 6.13. The number of carbonyl (C=O) groups excluding carboxylic acids is 2. The lowest BCUT2D eigenvalue weighted by molar-refractivity contribution is -0.384. The Kier molecular flexibility index (Phi) is 5.72. The second-order valence-corrected chi connectivity index (χ2v) is 8.28. The summed E-state index contributed by atoms with van der Waals surface area (Å²) in [6.45, 7) is 2.37. The van der Waals surface area contributed by atoms with Crippen LogP contribution in [0.25, 0.3) is 0 Å². The van der Waals surface area contributed by atoms with E-state index in [-0.39, 0.29) is 22.4 Å². The number of carbonyl (C=O) groups is 2. The zero-order valence-electron chi connectivity index (χ0n) is 16.2. The topological polar surface area (TPSA) is 87.0 Å². The van der Waals surface area contributed by atoms with Gasteiger partial charge in [-0.25, -0.2) is 0 Å². The molecule has 2 aromatic carbocycles. The minimum atomic E-state index is -0.665. The number of piperazine rings is 1. The van der Waals surface area contributed by atoms with Gasteiger partial charge in [0.1, 0.15) is 11.6 Å². The van der Waals surface area contributed by atoms with Crippen LogP contribution in [0.4, 0.5) is 17.1 Å². The quantitative estimate of drug-likeness (QED) is 0.387. The number of halogens is 1. The minimum absolute atomic E-state index is 0.0629. The largest absolute Gasteiger partial charge is 0.362 e. The van der Waals surface area contributed by atoms with E-state index in [0.717, 1.165) is 10.2 Å². The van der Waals surface area contributed by atoms with E-state index in [1.54, 1.807) is 28.0 Å². The Bertz CT molecular complexity index is 990. The summed E-state index contributed by atoms with van der Waals surface area (Å²) in [5.74, 6) is -0.986. The number of anilines is 2. The zero-order chi connectivity index (χ0) is 21.3. The van der Waals surface area contributed by atoms with Crippen molar-refractivity contribution in [1.29, 1.82) is 0 Å². The number of hydrogen-bond donors (Lipinski definition) is 0. The molecule has 0 N–H and O–H groups in total. The predicted octanol–water partition coefficient (Wildman–Crippen LogP) is 3.06. The Morgan fingerprint density at radius 3 is 2.47 bits per heavy atom. The lowest BCUT2D eigenvalue weighted by Gasteiger charge is -2.36. The van der Waals surface area contributed by atoms with Crippen molar-refractivity contribution in [2.24, 2.45) is 5.92 Å². The number of nitrogens with zero attached hydrogens (tertiary/aromatic N) is 4. The van der Waals surface area contributed by atoms with Gasteiger partial charge in [-0.05, 0) is 30.7 Å². The molecule has 9 heteroatoms. The Balaban J connectivity index is 1.40. The molecule has 1 unspecified atom stereocenters. The summed E-state index contributed by atoms with van der Waals surface area (Å²) in [4.78, 5) is 42.1. The summed E-state index contributed by atoms with van der Waals surface area (Å²) in [5.41, 5.74) is 1.41. The van der Waals surface area contributed by atoms with Crippen LogP contribution in [0.2, 0.25) is 0 Å². The molecule has 2 saturated heterocycles. The molecule has 2 aromatic rings. The highest BCUT2D eigenvalue weighted by atomic mass is 79.9. The molecule has 0 spiro atoms. The summed E-state index contributed by atoms with van der Waals surface area (Å²) in [7, 11) is 0. The Labute approximate surface area is 182 Å². The number of hydrogen-bond acceptors (Lipinski definition) is 5. The second-order valence-electron chi connectivity index (χ2n) is 7.37. The number of amides is 2. The molecule has 4 rings (SSSR count). The summed E-state index contributed by atoms with van der Waals surface area (Å²) in [6.07, 6.45) is 0.495. The van der Waals surface area contributed by atoms with Gasteiger partial charge in [-0.15, -0.1) is 0 Å². The maximum atomic E-state index is 13.0. The molecule has 30 heavy (non-hydrogen) atoms. The van der Waals surface area contributed by atoms with Gasteiger partial charge in [0.15, 0.2) is 0 Å². The molecule has 2 fully saturated rings. The second kappa shape index (κ2) is 8.43. The fourth-order valence-corrected chi connectivity index (χ4v) is 4.47. The average Bonchev–Trinajstić information content (AvgIpc) is 3.14. The van der Waals surface area contributed by atoms with Crippen molar-refractivity contribution in [1.82, 2.24) is 4.90 Å². The standard InChI is InChI=1S/C21H21BrN4O4/c22-15-4-3-5-16(14-15)25-9-8-17(21(25)28)20(27)24-12-10-23(11-13-24)18-6-1-2-7-19(18)26(29)30/h1-7,14,17H,8-13H2. The van der Waals surface area contributed by atoms with Gasteiger partial charge >= 0.3 is 0 Å². The van der Waals surface area contributed by atoms with Crippen LogP contribution < -0.4 is 9.80 Å². The molecule has 2 amide bonds. The normalized spacial score (nSPS) is 19.3. The van der Waals surface area contributed by atoms with Gasteiger partial charge in [0.25, 0.3) is 5.69 Å². The third kappa shape index (κ3) is 3.89. The smallest absolute Gasteiger partial charge is 0.292 e. The van der Waals surface area contributed by atoms with E-state index in [4.69, 9.17) is 0 Å². The predicted molar refractivity (Wildman–Crippen MR) is 116 cm³/mol. The monoisotopic (exact) mass is 472 g/mol. The third-order valence-electron chi connectivity index (χ3n) is 5.63. The number of nitro groups is 1. The maximum absolute atomic E-state index is 13.0. The Morgan fingerprint density at radius 1 is 1.03 bits per heavy atom. The molecular weight excluding hydrogens is 452 g/mol. The highest BCUT2D eigenvalue weighted by Gasteiger charge is 2.40. The number of benzene rings is 2. The number of para-hydroxylation sites is 2. The first-order valence-electron chi connectivity index (χ1n) is 9.80. The SMILES string of the molecule is O=C(C1CCN(c2cccc(Br)c2)C1=O)N1CCN(c2ccccc2[N+](=O)[O-])CC1. The van der Waals surface area contributed by atoms with Gasteiger partial charge in [-0.2, -0.15) is 0 Å². The van der Waals surface area contributed by atoms with Gasteiger partial charge in [-0.3, -0.25) is 19.7 Å². The van der Waals surface area contributed by atoms with E-state index < -0.39 is 5.92 Å². The summed E-state index contributed by atoms with van der Waals surface area (Å²) in [5, 5.41) is 11.3. The molecule has 156 valence electrons. The van der Waals surface area contributed by atoms with Crippen LogP contribution in [0.3, 0.4) is 0 Å². The van der Waals surface area contributed by atoms with Crippen molar-refractivity contribution in [3.05, 3.63) is 63.1 Å². The summed E-state index contributed by atoms with van der Waals surface area (Å²) >= 11 is 3.41. The molecule has 0 aromatic heterocycles. The van der Waals surface area contributed by atoms with Crippen molar-refractivity contribution in [3.8, 4) is 0 Å². The van der Waals surface area contributed by atoms with E-state index in [1.165, 1.54) is 6.07 Å². The van der Waals surface area contributed by atoms with Crippen LogP contribution in [-0.2, 0) is 9.59 Å². The summed E-state index contributed by atoms with van der Waals surface area (Å²) < 4.78 is 0.883. The fourth-order valence-electron chi connectivity index (χ4n) is 4.08. The molecule has 2 aliphatic rings. The van der Waals surface area contributed by atoms with Crippen LogP contribution >= 0.6 is 15.9 Å². The van der Waals surface area contributed by atoms with Crippen LogP contribution in [-0.4, -0.2) is 54.4 Å². The van der Waals surface area contributed by atoms with E-state index in [0.29, 0.717) is 44.8 Å². The molecule has 8 nitrogen and oxygen atoms in total. The Hall–Kier alpha value is -2.94. The molecule has 0 radical (unpaired) electrons. The molecular formula is C21H21BrN4O4. The Morgan fingerprint density at radius 2 is 1.77 bits per heavy atom.